The van der Waals surface area contributed by atoms with E-state index in [-0.39, 0.29) is 25.7 Å². The molecule has 0 spiro atoms. The van der Waals surface area contributed by atoms with E-state index >= 15 is 0 Å². The molecule has 558 valence electrons. The molecule has 0 bridgehead atoms. The summed E-state index contributed by atoms with van der Waals surface area (Å²) in [5.41, 5.74) is 0. The lowest BCUT2D eigenvalue weighted by Crippen LogP contribution is -2.30. The van der Waals surface area contributed by atoms with Crippen molar-refractivity contribution in [2.24, 2.45) is 23.7 Å². The number of hydrogen-bond donors (Lipinski definition) is 3. The zero-order valence-corrected chi connectivity index (χ0v) is 63.4. The zero-order valence-electron chi connectivity index (χ0n) is 61.6. The fourth-order valence-electron chi connectivity index (χ4n) is 11.3. The van der Waals surface area contributed by atoms with Crippen LogP contribution in [-0.2, 0) is 65.4 Å². The van der Waals surface area contributed by atoms with E-state index in [9.17, 15) is 43.2 Å². The minimum Gasteiger partial charge on any atom is -0.462 e. The summed E-state index contributed by atoms with van der Waals surface area (Å²) in [5, 5.41) is 10.6. The van der Waals surface area contributed by atoms with Crippen LogP contribution in [0, 0.1) is 23.7 Å². The molecule has 0 aliphatic rings. The molecular formula is C75H146O17P2. The van der Waals surface area contributed by atoms with E-state index in [0.29, 0.717) is 25.7 Å². The highest BCUT2D eigenvalue weighted by Gasteiger charge is 2.30. The van der Waals surface area contributed by atoms with Crippen LogP contribution in [0.15, 0.2) is 0 Å². The third kappa shape index (κ3) is 66.0. The van der Waals surface area contributed by atoms with E-state index in [1.54, 1.807) is 0 Å². The van der Waals surface area contributed by atoms with Gasteiger partial charge in [0.15, 0.2) is 12.2 Å². The number of hydrogen-bond acceptors (Lipinski definition) is 15. The van der Waals surface area contributed by atoms with Gasteiger partial charge >= 0.3 is 39.5 Å². The smallest absolute Gasteiger partial charge is 0.462 e. The highest BCUT2D eigenvalue weighted by molar-refractivity contribution is 7.47. The van der Waals surface area contributed by atoms with E-state index in [1.165, 1.54) is 173 Å². The molecule has 0 fully saturated rings. The number of phosphoric ester groups is 2. The molecule has 0 saturated carbocycles. The lowest BCUT2D eigenvalue weighted by molar-refractivity contribution is -0.161. The van der Waals surface area contributed by atoms with Crippen molar-refractivity contribution in [2.45, 2.75) is 395 Å². The van der Waals surface area contributed by atoms with Gasteiger partial charge in [0.2, 0.25) is 0 Å². The molecule has 17 nitrogen and oxygen atoms in total. The fourth-order valence-corrected chi connectivity index (χ4v) is 12.9. The number of ether oxygens (including phenoxy) is 4. The second-order valence-corrected chi connectivity index (χ2v) is 31.4. The Hall–Kier alpha value is -1.94. The van der Waals surface area contributed by atoms with Gasteiger partial charge in [0.1, 0.15) is 19.3 Å². The van der Waals surface area contributed by atoms with Gasteiger partial charge in [0.05, 0.1) is 26.4 Å². The van der Waals surface area contributed by atoms with Crippen molar-refractivity contribution in [3.05, 3.63) is 0 Å². The average molecular weight is 1380 g/mol. The highest BCUT2D eigenvalue weighted by Crippen LogP contribution is 2.45. The number of phosphoric acid groups is 2. The van der Waals surface area contributed by atoms with Gasteiger partial charge in [-0.25, -0.2) is 9.13 Å². The molecule has 19 heteroatoms. The van der Waals surface area contributed by atoms with Crippen LogP contribution in [0.3, 0.4) is 0 Å². The summed E-state index contributed by atoms with van der Waals surface area (Å²) in [7, 11) is -9.91. The van der Waals surface area contributed by atoms with Crippen LogP contribution in [0.4, 0.5) is 0 Å². The molecule has 4 unspecified atom stereocenters. The highest BCUT2D eigenvalue weighted by atomic mass is 31.2. The minimum absolute atomic E-state index is 0.106. The van der Waals surface area contributed by atoms with E-state index in [2.05, 4.69) is 55.4 Å². The maximum absolute atomic E-state index is 13.1. The Morgan fingerprint density at radius 1 is 0.298 bits per heavy atom. The molecule has 0 amide bonds. The number of carbonyl (C=O) groups excluding carboxylic acids is 4. The van der Waals surface area contributed by atoms with Crippen molar-refractivity contribution in [1.82, 2.24) is 0 Å². The van der Waals surface area contributed by atoms with Crippen LogP contribution in [0.2, 0.25) is 0 Å². The van der Waals surface area contributed by atoms with Gasteiger partial charge in [0, 0.05) is 25.7 Å². The predicted molar refractivity (Wildman–Crippen MR) is 381 cm³/mol. The third-order valence-electron chi connectivity index (χ3n) is 18.0. The Morgan fingerprint density at radius 3 is 0.755 bits per heavy atom. The Kier molecular flexibility index (Phi) is 63.1. The van der Waals surface area contributed by atoms with Crippen molar-refractivity contribution in [2.75, 3.05) is 39.6 Å². The topological polar surface area (TPSA) is 237 Å². The molecule has 7 atom stereocenters. The zero-order chi connectivity index (χ0) is 69.6. The first-order chi connectivity index (χ1) is 45.2. The molecule has 0 rings (SSSR count). The Morgan fingerprint density at radius 2 is 0.511 bits per heavy atom. The molecule has 94 heavy (non-hydrogen) atoms. The summed E-state index contributed by atoms with van der Waals surface area (Å²) in [5.74, 6) is 0.959. The first kappa shape index (κ1) is 92.1. The summed E-state index contributed by atoms with van der Waals surface area (Å²) in [4.78, 5) is 72.8. The summed E-state index contributed by atoms with van der Waals surface area (Å²) in [6, 6.07) is 0. The van der Waals surface area contributed by atoms with Crippen molar-refractivity contribution in [3.63, 3.8) is 0 Å². The van der Waals surface area contributed by atoms with E-state index in [1.807, 2.05) is 0 Å². The van der Waals surface area contributed by atoms with E-state index in [0.717, 1.165) is 120 Å². The number of esters is 4. The van der Waals surface area contributed by atoms with Gasteiger partial charge in [-0.15, -0.1) is 0 Å². The molecular weight excluding hydrogens is 1230 g/mol. The van der Waals surface area contributed by atoms with Crippen LogP contribution in [0.1, 0.15) is 376 Å². The minimum atomic E-state index is -4.96. The Bertz CT molecular complexity index is 1850. The second-order valence-electron chi connectivity index (χ2n) is 28.5. The van der Waals surface area contributed by atoms with Crippen LogP contribution >= 0.6 is 15.6 Å². The largest absolute Gasteiger partial charge is 0.472 e. The van der Waals surface area contributed by atoms with Gasteiger partial charge in [0.25, 0.3) is 0 Å². The molecule has 0 aromatic heterocycles. The van der Waals surface area contributed by atoms with E-state index in [4.69, 9.17) is 37.0 Å². The molecule has 0 aliphatic carbocycles. The molecule has 0 aromatic rings. The summed E-state index contributed by atoms with van der Waals surface area (Å²) in [6.07, 6.45) is 48.5. The summed E-state index contributed by atoms with van der Waals surface area (Å²) >= 11 is 0. The van der Waals surface area contributed by atoms with Gasteiger partial charge in [-0.3, -0.25) is 37.3 Å². The predicted octanol–water partition coefficient (Wildman–Crippen LogP) is 21.7. The standard InChI is InChI=1S/C75H146O17P2/c1-9-67(7)53-45-37-29-25-26-30-39-47-55-72(77)85-61-70(91-74(79)57-49-41-31-23-19-15-11-13-17-21-27-35-43-51-65(3)4)63-89-93(81,82)87-59-69(76)60-88-94(83,84)90-64-71(62-86-73(78)56-48-40-34-33-38-46-54-68(8)10-2)92-75(80)58-50-42-32-24-20-16-12-14-18-22-28-36-44-52-66(5)6/h65-71,76H,9-64H2,1-8H3,(H,81,82)(H,83,84)/t67?,68?,69-,70-,71-/m1/s1. The molecule has 0 radical (unpaired) electrons. The summed E-state index contributed by atoms with van der Waals surface area (Å²) in [6.45, 7) is 14.2. The van der Waals surface area contributed by atoms with Crippen LogP contribution in [0.25, 0.3) is 0 Å². The fraction of sp³-hybridized carbons (Fsp3) is 0.947. The lowest BCUT2D eigenvalue weighted by atomic mass is 9.99. The van der Waals surface area contributed by atoms with Crippen molar-refractivity contribution in [3.8, 4) is 0 Å². The van der Waals surface area contributed by atoms with Crippen LogP contribution < -0.4 is 0 Å². The van der Waals surface area contributed by atoms with Gasteiger partial charge in [-0.1, -0.05) is 325 Å². The van der Waals surface area contributed by atoms with Crippen molar-refractivity contribution >= 4 is 39.5 Å². The summed E-state index contributed by atoms with van der Waals surface area (Å²) < 4.78 is 68.5. The molecule has 0 aromatic carbocycles. The second kappa shape index (κ2) is 64.4. The third-order valence-corrected chi connectivity index (χ3v) is 19.9. The van der Waals surface area contributed by atoms with Gasteiger partial charge in [-0.2, -0.15) is 0 Å². The van der Waals surface area contributed by atoms with Gasteiger partial charge < -0.3 is 33.8 Å². The van der Waals surface area contributed by atoms with Crippen LogP contribution in [0.5, 0.6) is 0 Å². The lowest BCUT2D eigenvalue weighted by Gasteiger charge is -2.21. The molecule has 3 N–H and O–H groups in total. The number of aliphatic hydroxyl groups excluding tert-OH is 1. The maximum atomic E-state index is 13.1. The number of carbonyl (C=O) groups is 4. The van der Waals surface area contributed by atoms with Crippen molar-refractivity contribution < 1.29 is 80.2 Å². The average Bonchev–Trinajstić information content (AvgIpc) is 1.91. The first-order valence-electron chi connectivity index (χ1n) is 38.8. The normalized spacial score (nSPS) is 14.7. The molecule has 0 aliphatic heterocycles. The number of unbranched alkanes of at least 4 members (excludes halogenated alkanes) is 36. The Balaban J connectivity index is 5.26. The van der Waals surface area contributed by atoms with Gasteiger partial charge in [-0.05, 0) is 49.4 Å². The number of rotatable bonds is 72. The quantitative estimate of drug-likeness (QED) is 0.0222. The first-order valence-corrected chi connectivity index (χ1v) is 41.8. The van der Waals surface area contributed by atoms with Crippen molar-refractivity contribution in [1.29, 1.82) is 0 Å². The molecule has 0 saturated heterocycles. The molecule has 0 heterocycles. The Labute approximate surface area is 575 Å². The number of aliphatic hydroxyl groups is 1. The monoisotopic (exact) mass is 1380 g/mol. The maximum Gasteiger partial charge on any atom is 0.472 e. The SMILES string of the molecule is CCC(C)CCCCCCCCCCC(=O)OC[C@H](COP(=O)(O)OC[C@@H](O)COP(=O)(O)OC[C@@H](COC(=O)CCCCCCCCC(C)CC)OC(=O)CCCCCCCCCCCCCCCC(C)C)OC(=O)CCCCCCCCCCCCCCCC(C)C. The van der Waals surface area contributed by atoms with E-state index < -0.39 is 97.5 Å². The van der Waals surface area contributed by atoms with Crippen LogP contribution in [-0.4, -0.2) is 96.7 Å².